The fourth-order valence-corrected chi connectivity index (χ4v) is 9.10. The van der Waals surface area contributed by atoms with Gasteiger partial charge in [0.05, 0.1) is 0 Å². The van der Waals surface area contributed by atoms with E-state index in [1.54, 1.807) is 0 Å². The van der Waals surface area contributed by atoms with Crippen molar-refractivity contribution in [3.63, 3.8) is 0 Å². The van der Waals surface area contributed by atoms with Crippen LogP contribution in [0.5, 0.6) is 0 Å². The van der Waals surface area contributed by atoms with Gasteiger partial charge in [-0.1, -0.05) is 140 Å². The van der Waals surface area contributed by atoms with Crippen molar-refractivity contribution in [2.45, 2.75) is 12.2 Å². The van der Waals surface area contributed by atoms with Gasteiger partial charge in [0.25, 0.3) is 0 Å². The molecule has 0 aromatic heterocycles. The lowest BCUT2D eigenvalue weighted by Gasteiger charge is -2.23. The molecule has 0 amide bonds. The van der Waals surface area contributed by atoms with Crippen LogP contribution in [0.15, 0.2) is 146 Å². The summed E-state index contributed by atoms with van der Waals surface area (Å²) in [5.41, 5.74) is 2.28. The molecule has 0 bridgehead atoms. The lowest BCUT2D eigenvalue weighted by molar-refractivity contribution is 0.159. The lowest BCUT2D eigenvalue weighted by Crippen LogP contribution is -2.30. The highest BCUT2D eigenvalue weighted by Crippen LogP contribution is 2.59. The maximum absolute atomic E-state index is 6.82. The Morgan fingerprint density at radius 3 is 1.31 bits per heavy atom. The Bertz CT molecular complexity index is 1310. The van der Waals surface area contributed by atoms with E-state index in [-0.39, 0.29) is 12.2 Å². The van der Waals surface area contributed by atoms with E-state index >= 15 is 0 Å². The van der Waals surface area contributed by atoms with E-state index in [9.17, 15) is 0 Å². The Hall–Kier alpha value is -3.12. The monoisotopic (exact) mass is 504 g/mol. The molecule has 5 aromatic carbocycles. The van der Waals surface area contributed by atoms with Crippen LogP contribution < -0.4 is 21.2 Å². The third kappa shape index (κ3) is 4.79. The Morgan fingerprint density at radius 1 is 0.444 bits per heavy atom. The molecule has 176 valence electrons. The maximum atomic E-state index is 6.82. The van der Waals surface area contributed by atoms with Crippen molar-refractivity contribution in [2.75, 3.05) is 0 Å². The molecule has 36 heavy (non-hydrogen) atoms. The third-order valence-corrected chi connectivity index (χ3v) is 10.6. The third-order valence-electron chi connectivity index (χ3n) is 6.30. The van der Waals surface area contributed by atoms with Gasteiger partial charge < -0.3 is 9.05 Å². The number of hydrogen-bond donors (Lipinski definition) is 0. The first-order valence-electron chi connectivity index (χ1n) is 12.1. The van der Waals surface area contributed by atoms with Crippen molar-refractivity contribution in [2.24, 2.45) is 0 Å². The van der Waals surface area contributed by atoms with Crippen molar-refractivity contribution < 1.29 is 9.05 Å². The first-order chi connectivity index (χ1) is 17.9. The van der Waals surface area contributed by atoms with Crippen LogP contribution in [0.4, 0.5) is 0 Å². The van der Waals surface area contributed by atoms with Crippen molar-refractivity contribution in [3.8, 4) is 0 Å². The van der Waals surface area contributed by atoms with Gasteiger partial charge in [-0.15, -0.1) is 0 Å². The fourth-order valence-electron chi connectivity index (χ4n) is 4.60. The van der Waals surface area contributed by atoms with Gasteiger partial charge in [0.15, 0.2) is 0 Å². The molecule has 6 rings (SSSR count). The highest BCUT2D eigenvalue weighted by Gasteiger charge is 2.41. The molecule has 0 unspecified atom stereocenters. The van der Waals surface area contributed by atoms with Crippen LogP contribution in [0.1, 0.15) is 23.3 Å². The first kappa shape index (κ1) is 23.3. The molecule has 4 heteroatoms. The summed E-state index contributed by atoms with van der Waals surface area (Å²) in [4.78, 5) is 0. The first-order valence-corrected chi connectivity index (χ1v) is 14.6. The highest BCUT2D eigenvalue weighted by atomic mass is 31.2. The molecule has 0 saturated carbocycles. The summed E-state index contributed by atoms with van der Waals surface area (Å²) in [7, 11) is -2.05. The van der Waals surface area contributed by atoms with Gasteiger partial charge in [-0.2, -0.15) is 0 Å². The van der Waals surface area contributed by atoms with E-state index in [1.807, 2.05) is 12.1 Å². The fraction of sp³-hybridized carbons (Fsp3) is 0.0625. The van der Waals surface area contributed by atoms with E-state index in [4.69, 9.17) is 9.05 Å². The summed E-state index contributed by atoms with van der Waals surface area (Å²) < 4.78 is 13.6. The summed E-state index contributed by atoms with van der Waals surface area (Å²) in [6.07, 6.45) is -0.320. The van der Waals surface area contributed by atoms with Crippen LogP contribution in [-0.2, 0) is 9.05 Å². The zero-order valence-electron chi connectivity index (χ0n) is 19.7. The second-order valence-electron chi connectivity index (χ2n) is 8.63. The van der Waals surface area contributed by atoms with Crippen LogP contribution in [-0.4, -0.2) is 0 Å². The summed E-state index contributed by atoms with van der Waals surface area (Å²) in [6.45, 7) is 0. The van der Waals surface area contributed by atoms with E-state index in [0.717, 1.165) is 16.4 Å². The molecule has 1 aliphatic heterocycles. The summed E-state index contributed by atoms with van der Waals surface area (Å²) in [5, 5.41) is 5.08. The van der Waals surface area contributed by atoms with Crippen LogP contribution in [0.25, 0.3) is 0 Å². The average molecular weight is 505 g/mol. The van der Waals surface area contributed by atoms with Gasteiger partial charge >= 0.3 is 0 Å². The highest BCUT2D eigenvalue weighted by molar-refractivity contribution is 7.81. The maximum Gasteiger partial charge on any atom is 0.207 e. The van der Waals surface area contributed by atoms with Crippen molar-refractivity contribution in [1.29, 1.82) is 0 Å². The number of hydrogen-bond acceptors (Lipinski definition) is 2. The van der Waals surface area contributed by atoms with E-state index in [2.05, 4.69) is 133 Å². The predicted molar refractivity (Wildman–Crippen MR) is 152 cm³/mol. The second kappa shape index (κ2) is 10.9. The standard InChI is InChI=1S/C32H26O2P2/c1-5-15-25(16-6-1)31-32(26-17-7-2-8-18-26)34-36(33-31)30-24-14-13-23-29(30)35(27-19-9-3-10-20-27)28-21-11-4-12-22-28/h1-24,31-32H/t31-,32-/m1/s1. The molecule has 0 radical (unpaired) electrons. The molecule has 5 aromatic rings. The number of rotatable bonds is 6. The van der Waals surface area contributed by atoms with Gasteiger partial charge in [0, 0.05) is 5.30 Å². The van der Waals surface area contributed by atoms with E-state index in [0.29, 0.717) is 0 Å². The van der Waals surface area contributed by atoms with E-state index < -0.39 is 16.3 Å². The number of benzene rings is 5. The van der Waals surface area contributed by atoms with Crippen LogP contribution in [0.3, 0.4) is 0 Å². The van der Waals surface area contributed by atoms with Gasteiger partial charge in [-0.05, 0) is 41.0 Å². The lowest BCUT2D eigenvalue weighted by atomic mass is 9.99. The molecule has 0 N–H and O–H groups in total. The molecule has 1 saturated heterocycles. The van der Waals surface area contributed by atoms with Crippen molar-refractivity contribution in [3.05, 3.63) is 157 Å². The normalized spacial score (nSPS) is 17.9. The largest absolute Gasteiger partial charge is 0.319 e. The SMILES string of the molecule is c1ccc([C@H]2OP(c3ccccc3P(c3ccccc3)c3ccccc3)O[C@@H]2c2ccccc2)cc1. The predicted octanol–water partition coefficient (Wildman–Crippen LogP) is 6.91. The second-order valence-corrected chi connectivity index (χ2v) is 12.2. The van der Waals surface area contributed by atoms with E-state index in [1.165, 1.54) is 15.9 Å². The van der Waals surface area contributed by atoms with Crippen LogP contribution in [0, 0.1) is 0 Å². The Morgan fingerprint density at radius 2 is 0.833 bits per heavy atom. The quantitative estimate of drug-likeness (QED) is 0.234. The Kier molecular flexibility index (Phi) is 7.03. The zero-order chi connectivity index (χ0) is 24.2. The smallest absolute Gasteiger partial charge is 0.207 e. The topological polar surface area (TPSA) is 18.5 Å². The molecule has 0 spiro atoms. The minimum absolute atomic E-state index is 0.160. The van der Waals surface area contributed by atoms with Gasteiger partial charge in [-0.3, -0.25) is 0 Å². The minimum Gasteiger partial charge on any atom is -0.319 e. The van der Waals surface area contributed by atoms with Crippen LogP contribution in [0.2, 0.25) is 0 Å². The van der Waals surface area contributed by atoms with Crippen molar-refractivity contribution >= 4 is 37.5 Å². The zero-order valence-corrected chi connectivity index (χ0v) is 21.5. The van der Waals surface area contributed by atoms with Crippen molar-refractivity contribution in [1.82, 2.24) is 0 Å². The minimum atomic E-state index is -1.28. The molecule has 1 aliphatic rings. The summed E-state index contributed by atoms with van der Waals surface area (Å²) in [5.74, 6) is 0. The van der Waals surface area contributed by atoms with Crippen LogP contribution >= 0.6 is 16.3 Å². The summed E-state index contributed by atoms with van der Waals surface area (Å²) >= 11 is 0. The summed E-state index contributed by atoms with van der Waals surface area (Å²) in [6, 6.07) is 51.2. The van der Waals surface area contributed by atoms with Gasteiger partial charge in [0.2, 0.25) is 8.38 Å². The molecular weight excluding hydrogens is 478 g/mol. The average Bonchev–Trinajstić information content (AvgIpc) is 3.41. The molecule has 2 nitrogen and oxygen atoms in total. The molecule has 0 aliphatic carbocycles. The van der Waals surface area contributed by atoms with Gasteiger partial charge in [-0.25, -0.2) is 0 Å². The van der Waals surface area contributed by atoms with Gasteiger partial charge in [0.1, 0.15) is 12.2 Å². The molecule has 2 atom stereocenters. The molecule has 1 heterocycles. The molecule has 1 fully saturated rings. The Balaban J connectivity index is 1.44. The Labute approximate surface area is 215 Å². The molecular formula is C32H26O2P2.